The van der Waals surface area contributed by atoms with Crippen molar-refractivity contribution in [1.29, 1.82) is 0 Å². The highest BCUT2D eigenvalue weighted by molar-refractivity contribution is 5.98. The van der Waals surface area contributed by atoms with Crippen molar-refractivity contribution in [1.82, 2.24) is 14.5 Å². The Hall–Kier alpha value is -3.35. The summed E-state index contributed by atoms with van der Waals surface area (Å²) in [5.41, 5.74) is 3.74. The molecule has 1 aromatic carbocycles. The number of aromatic nitrogens is 1. The van der Waals surface area contributed by atoms with Crippen LogP contribution in [0.1, 0.15) is 59.1 Å². The summed E-state index contributed by atoms with van der Waals surface area (Å²) in [7, 11) is 0. The van der Waals surface area contributed by atoms with E-state index in [0.717, 1.165) is 18.3 Å². The van der Waals surface area contributed by atoms with Crippen molar-refractivity contribution in [3.63, 3.8) is 0 Å². The van der Waals surface area contributed by atoms with Gasteiger partial charge in [0.2, 0.25) is 11.2 Å². The van der Waals surface area contributed by atoms with Gasteiger partial charge in [0.1, 0.15) is 29.5 Å². The average molecular weight is 490 g/mol. The number of halogens is 2. The number of amides is 2. The fourth-order valence-corrected chi connectivity index (χ4v) is 5.07. The third-order valence-corrected chi connectivity index (χ3v) is 6.98. The Balaban J connectivity index is 1.59. The van der Waals surface area contributed by atoms with Gasteiger partial charge in [0, 0.05) is 36.8 Å². The second kappa shape index (κ2) is 8.11. The molecular formula is C23H24F2N4O6. The molecule has 1 aromatic heterocycles. The molecule has 2 amide bonds. The topological polar surface area (TPSA) is 127 Å². The molecule has 4 heterocycles. The molecule has 12 heteroatoms. The van der Waals surface area contributed by atoms with Crippen LogP contribution in [0.15, 0.2) is 29.2 Å². The van der Waals surface area contributed by atoms with Gasteiger partial charge in [-0.15, -0.1) is 0 Å². The largest absolute Gasteiger partial charge is 0.503 e. The van der Waals surface area contributed by atoms with Crippen LogP contribution in [-0.4, -0.2) is 56.1 Å². The summed E-state index contributed by atoms with van der Waals surface area (Å²) in [4.78, 5) is 45.4. The van der Waals surface area contributed by atoms with E-state index >= 15 is 0 Å². The number of pyridine rings is 1. The molecule has 5 rings (SSSR count). The van der Waals surface area contributed by atoms with E-state index in [1.807, 2.05) is 6.92 Å². The minimum atomic E-state index is -1.37. The molecule has 4 atom stereocenters. The maximum Gasteiger partial charge on any atom is 0.274 e. The molecule has 10 nitrogen and oxygen atoms in total. The predicted octanol–water partition coefficient (Wildman–Crippen LogP) is 1.62. The van der Waals surface area contributed by atoms with Gasteiger partial charge in [0.05, 0.1) is 6.54 Å². The summed E-state index contributed by atoms with van der Waals surface area (Å²) in [6, 6.07) is 2.21. The van der Waals surface area contributed by atoms with Crippen LogP contribution in [0.5, 0.6) is 5.75 Å². The Morgan fingerprint density at radius 3 is 2.71 bits per heavy atom. The standard InChI is InChI=1S/C23H24F2N4O6/c1-11-5-6-23(34-12(2)29(35-23)8-13-3-4-14(24)7-16(13)25)17-10-27(11)22(33)18-20(31)19(30)15(21(26)32)9-28(17)18/h3-4,7,9,11-12,17,31H,5-6,8,10H2,1-2H3,(H2,26,32)/t11-,12?,17+,23+/m0/s1. The number of nitrogens with two attached hydrogens (primary N) is 1. The molecule has 0 radical (unpaired) electrons. The number of carbonyl (C=O) groups excluding carboxylic acids is 2. The van der Waals surface area contributed by atoms with Gasteiger partial charge < -0.3 is 25.0 Å². The van der Waals surface area contributed by atoms with E-state index in [0.29, 0.717) is 12.8 Å². The van der Waals surface area contributed by atoms with Crippen LogP contribution in [-0.2, 0) is 16.1 Å². The lowest BCUT2D eigenvalue weighted by Gasteiger charge is -2.41. The van der Waals surface area contributed by atoms with Gasteiger partial charge in [-0.05, 0) is 26.3 Å². The molecule has 0 saturated carbocycles. The van der Waals surface area contributed by atoms with Crippen molar-refractivity contribution in [3.8, 4) is 5.75 Å². The van der Waals surface area contributed by atoms with Crippen LogP contribution in [0, 0.1) is 11.6 Å². The molecule has 2 bridgehead atoms. The van der Waals surface area contributed by atoms with Crippen LogP contribution in [0.4, 0.5) is 8.78 Å². The van der Waals surface area contributed by atoms with Crippen molar-refractivity contribution in [2.75, 3.05) is 6.54 Å². The van der Waals surface area contributed by atoms with E-state index in [-0.39, 0.29) is 30.4 Å². The van der Waals surface area contributed by atoms with Gasteiger partial charge in [0.25, 0.3) is 11.8 Å². The van der Waals surface area contributed by atoms with Gasteiger partial charge in [-0.25, -0.2) is 8.78 Å². The maximum absolute atomic E-state index is 14.3. The zero-order chi connectivity index (χ0) is 25.2. The second-order valence-corrected chi connectivity index (χ2v) is 9.13. The Morgan fingerprint density at radius 2 is 2.03 bits per heavy atom. The fourth-order valence-electron chi connectivity index (χ4n) is 5.07. The van der Waals surface area contributed by atoms with Crippen molar-refractivity contribution >= 4 is 11.8 Å². The third kappa shape index (κ3) is 3.60. The molecule has 2 fully saturated rings. The van der Waals surface area contributed by atoms with Gasteiger partial charge in [0.15, 0.2) is 11.4 Å². The number of hydrogen-bond donors (Lipinski definition) is 2. The first-order chi connectivity index (χ1) is 16.5. The lowest BCUT2D eigenvalue weighted by atomic mass is 9.99. The molecule has 3 aliphatic rings. The minimum absolute atomic E-state index is 0.0469. The minimum Gasteiger partial charge on any atom is -0.503 e. The number of primary amides is 1. The fraction of sp³-hybridized carbons (Fsp3) is 0.435. The Morgan fingerprint density at radius 1 is 1.29 bits per heavy atom. The van der Waals surface area contributed by atoms with Gasteiger partial charge >= 0.3 is 0 Å². The van der Waals surface area contributed by atoms with Crippen molar-refractivity contribution < 1.29 is 33.1 Å². The monoisotopic (exact) mass is 490 g/mol. The number of carbonyl (C=O) groups is 2. The van der Waals surface area contributed by atoms with Gasteiger partial charge in [-0.3, -0.25) is 19.2 Å². The molecule has 3 N–H and O–H groups in total. The zero-order valence-corrected chi connectivity index (χ0v) is 19.0. The highest BCUT2D eigenvalue weighted by atomic mass is 19.1. The SMILES string of the molecule is CC1O[C@]2(CC[C@H](C)N3C[C@H]2n2cc(C(N)=O)c(=O)c(O)c2C3=O)ON1Cc1ccc(F)cc1F. The molecule has 2 aromatic rings. The lowest BCUT2D eigenvalue weighted by molar-refractivity contribution is -0.262. The molecule has 2 saturated heterocycles. The summed E-state index contributed by atoms with van der Waals surface area (Å²) in [6.45, 7) is 3.60. The zero-order valence-electron chi connectivity index (χ0n) is 19.0. The Bertz CT molecular complexity index is 1300. The number of hydrogen-bond acceptors (Lipinski definition) is 7. The third-order valence-electron chi connectivity index (χ3n) is 6.98. The summed E-state index contributed by atoms with van der Waals surface area (Å²) >= 11 is 0. The van der Waals surface area contributed by atoms with E-state index < -0.39 is 58.2 Å². The van der Waals surface area contributed by atoms with E-state index in [1.54, 1.807) is 6.92 Å². The first-order valence-corrected chi connectivity index (χ1v) is 11.2. The highest BCUT2D eigenvalue weighted by Gasteiger charge is 2.57. The number of ether oxygens (including phenoxy) is 1. The maximum atomic E-state index is 14.3. The highest BCUT2D eigenvalue weighted by Crippen LogP contribution is 2.47. The van der Waals surface area contributed by atoms with Crippen molar-refractivity contribution in [3.05, 3.63) is 63.1 Å². The van der Waals surface area contributed by atoms with Crippen LogP contribution >= 0.6 is 0 Å². The number of fused-ring (bicyclic) bond motifs is 5. The number of benzene rings is 1. The first-order valence-electron chi connectivity index (χ1n) is 11.2. The number of nitrogens with zero attached hydrogens (tertiary/aromatic N) is 3. The summed E-state index contributed by atoms with van der Waals surface area (Å²) in [5.74, 6) is -5.29. The number of aromatic hydroxyl groups is 1. The Labute approximate surface area is 198 Å². The van der Waals surface area contributed by atoms with Gasteiger partial charge in [-0.1, -0.05) is 6.07 Å². The summed E-state index contributed by atoms with van der Waals surface area (Å²) in [5, 5.41) is 12.0. The molecule has 35 heavy (non-hydrogen) atoms. The van der Waals surface area contributed by atoms with Crippen molar-refractivity contribution in [2.24, 2.45) is 5.73 Å². The van der Waals surface area contributed by atoms with Crippen LogP contribution < -0.4 is 11.2 Å². The van der Waals surface area contributed by atoms with E-state index in [1.165, 1.54) is 20.6 Å². The Kier molecular flexibility index (Phi) is 5.42. The summed E-state index contributed by atoms with van der Waals surface area (Å²) in [6.07, 6.45) is 1.27. The first kappa shape index (κ1) is 23.4. The molecular weight excluding hydrogens is 466 g/mol. The van der Waals surface area contributed by atoms with E-state index in [9.17, 15) is 28.3 Å². The smallest absolute Gasteiger partial charge is 0.274 e. The van der Waals surface area contributed by atoms with E-state index in [2.05, 4.69) is 0 Å². The molecule has 0 aliphatic carbocycles. The second-order valence-electron chi connectivity index (χ2n) is 9.13. The van der Waals surface area contributed by atoms with E-state index in [4.69, 9.17) is 15.3 Å². The van der Waals surface area contributed by atoms with Gasteiger partial charge in [-0.2, -0.15) is 5.06 Å². The predicted molar refractivity (Wildman–Crippen MR) is 116 cm³/mol. The molecule has 3 aliphatic heterocycles. The molecule has 1 spiro atoms. The quantitative estimate of drug-likeness (QED) is 0.669. The number of rotatable bonds is 3. The normalized spacial score (nSPS) is 28.3. The van der Waals surface area contributed by atoms with Crippen LogP contribution in [0.25, 0.3) is 0 Å². The summed E-state index contributed by atoms with van der Waals surface area (Å²) < 4.78 is 35.3. The van der Waals surface area contributed by atoms with Crippen LogP contribution in [0.3, 0.4) is 0 Å². The average Bonchev–Trinajstić information content (AvgIpc) is 3.05. The van der Waals surface area contributed by atoms with Crippen LogP contribution in [0.2, 0.25) is 0 Å². The lowest BCUT2D eigenvalue weighted by Crippen LogP contribution is -2.53. The van der Waals surface area contributed by atoms with Crippen molar-refractivity contribution in [2.45, 2.75) is 57.3 Å². The molecule has 186 valence electrons. The molecule has 1 unspecified atom stereocenters. The number of hydroxylamine groups is 2.